The minimum atomic E-state index is -0.347. The molecule has 0 bridgehead atoms. The third-order valence-electron chi connectivity index (χ3n) is 5.54. The lowest BCUT2D eigenvalue weighted by Crippen LogP contribution is -2.39. The molecule has 196 valence electrons. The average molecular weight is 586 g/mol. The number of nitrogens with one attached hydrogen (secondary N) is 2. The summed E-state index contributed by atoms with van der Waals surface area (Å²) in [6, 6.07) is 21.1. The van der Waals surface area contributed by atoms with Crippen molar-refractivity contribution in [3.05, 3.63) is 87.9 Å². The van der Waals surface area contributed by atoms with Gasteiger partial charge in [0.25, 0.3) is 5.91 Å². The summed E-state index contributed by atoms with van der Waals surface area (Å²) >= 11 is 8.81. The molecule has 0 aliphatic heterocycles. The van der Waals surface area contributed by atoms with Crippen LogP contribution in [-0.4, -0.2) is 31.3 Å². The third-order valence-corrected chi connectivity index (χ3v) is 6.28. The lowest BCUT2D eigenvalue weighted by molar-refractivity contribution is 0.0972. The average Bonchev–Trinajstić information content (AvgIpc) is 2.89. The molecule has 0 heterocycles. The van der Waals surface area contributed by atoms with Crippen LogP contribution >= 0.6 is 28.1 Å². The fourth-order valence-corrected chi connectivity index (χ4v) is 4.00. The molecule has 0 atom stereocenters. The Balaban J connectivity index is 1.55. The van der Waals surface area contributed by atoms with E-state index in [1.807, 2.05) is 54.6 Å². The molecule has 0 saturated heterocycles. The largest absolute Gasteiger partial charge is 0.493 e. The number of benzene rings is 3. The summed E-state index contributed by atoms with van der Waals surface area (Å²) in [5.41, 5.74) is 2.51. The zero-order chi connectivity index (χ0) is 26.6. The Kier molecular flexibility index (Phi) is 11.2. The zero-order valence-corrected chi connectivity index (χ0v) is 23.8. The number of ether oxygens (including phenoxy) is 3. The molecular weight excluding hydrogens is 552 g/mol. The third kappa shape index (κ3) is 9.37. The van der Waals surface area contributed by atoms with Crippen molar-refractivity contribution in [3.63, 3.8) is 0 Å². The highest BCUT2D eigenvalue weighted by Gasteiger charge is 2.15. The van der Waals surface area contributed by atoms with E-state index in [1.165, 1.54) is 5.56 Å². The SMILES string of the molecule is COc1cc(CNC(=S)NC(=O)c2cc(Br)ccc2OCCc2ccccc2)ccc1OCCC(C)C. The Hall–Kier alpha value is -3.10. The molecule has 37 heavy (non-hydrogen) atoms. The van der Waals surface area contributed by atoms with Crippen molar-refractivity contribution in [1.82, 2.24) is 10.6 Å². The van der Waals surface area contributed by atoms with Gasteiger partial charge in [0.15, 0.2) is 16.6 Å². The van der Waals surface area contributed by atoms with Crippen LogP contribution in [0.5, 0.6) is 17.2 Å². The number of methoxy groups -OCH3 is 1. The van der Waals surface area contributed by atoms with Crippen LogP contribution in [0.2, 0.25) is 0 Å². The number of carbonyl (C=O) groups is 1. The predicted octanol–water partition coefficient (Wildman–Crippen LogP) is 6.31. The Morgan fingerprint density at radius 1 is 0.919 bits per heavy atom. The first-order valence-corrected chi connectivity index (χ1v) is 13.4. The summed E-state index contributed by atoms with van der Waals surface area (Å²) < 4.78 is 18.0. The summed E-state index contributed by atoms with van der Waals surface area (Å²) in [5, 5.41) is 6.04. The standard InChI is InChI=1S/C29H33BrN2O4S/c1-20(2)13-15-36-26-11-9-22(17-27(26)34-3)19-31-29(37)32-28(33)24-18-23(30)10-12-25(24)35-16-14-21-7-5-4-6-8-21/h4-12,17-18,20H,13-16,19H2,1-3H3,(H2,31,32,33,37). The molecule has 0 saturated carbocycles. The highest BCUT2D eigenvalue weighted by Crippen LogP contribution is 2.28. The minimum absolute atomic E-state index is 0.219. The van der Waals surface area contributed by atoms with E-state index in [-0.39, 0.29) is 11.0 Å². The van der Waals surface area contributed by atoms with Crippen LogP contribution < -0.4 is 24.8 Å². The number of amides is 1. The van der Waals surface area contributed by atoms with Gasteiger partial charge in [-0.05, 0) is 66.0 Å². The quantitative estimate of drug-likeness (QED) is 0.243. The number of hydrogen-bond acceptors (Lipinski definition) is 5. The van der Waals surface area contributed by atoms with Crippen molar-refractivity contribution < 1.29 is 19.0 Å². The topological polar surface area (TPSA) is 68.8 Å². The molecule has 0 spiro atoms. The first-order valence-electron chi connectivity index (χ1n) is 12.2. The minimum Gasteiger partial charge on any atom is -0.493 e. The molecule has 6 nitrogen and oxygen atoms in total. The summed E-state index contributed by atoms with van der Waals surface area (Å²) in [7, 11) is 1.62. The van der Waals surface area contributed by atoms with Crippen molar-refractivity contribution in [3.8, 4) is 17.2 Å². The maximum absolute atomic E-state index is 13.0. The van der Waals surface area contributed by atoms with Crippen molar-refractivity contribution in [2.24, 2.45) is 5.92 Å². The maximum Gasteiger partial charge on any atom is 0.261 e. The van der Waals surface area contributed by atoms with E-state index in [2.05, 4.69) is 40.4 Å². The number of rotatable bonds is 12. The molecule has 3 rings (SSSR count). The normalized spacial score (nSPS) is 10.6. The van der Waals surface area contributed by atoms with Gasteiger partial charge in [-0.1, -0.05) is 66.2 Å². The van der Waals surface area contributed by atoms with Gasteiger partial charge in [0.2, 0.25) is 0 Å². The number of hydrogen-bond donors (Lipinski definition) is 2. The van der Waals surface area contributed by atoms with E-state index in [9.17, 15) is 4.79 Å². The van der Waals surface area contributed by atoms with Crippen LogP contribution in [-0.2, 0) is 13.0 Å². The van der Waals surface area contributed by atoms with E-state index in [4.69, 9.17) is 26.4 Å². The summed E-state index contributed by atoms with van der Waals surface area (Å²) in [6.07, 6.45) is 1.71. The van der Waals surface area contributed by atoms with Crippen LogP contribution in [0.3, 0.4) is 0 Å². The fourth-order valence-electron chi connectivity index (χ4n) is 3.47. The molecule has 3 aromatic carbocycles. The molecule has 2 N–H and O–H groups in total. The molecule has 0 aliphatic rings. The van der Waals surface area contributed by atoms with Gasteiger partial charge in [-0.25, -0.2) is 0 Å². The second kappa shape index (κ2) is 14.6. The molecule has 3 aromatic rings. The van der Waals surface area contributed by atoms with E-state index in [1.54, 1.807) is 19.2 Å². The van der Waals surface area contributed by atoms with Crippen molar-refractivity contribution in [1.29, 1.82) is 0 Å². The van der Waals surface area contributed by atoms with Crippen LogP contribution in [0.1, 0.15) is 41.8 Å². The lowest BCUT2D eigenvalue weighted by Gasteiger charge is -2.15. The lowest BCUT2D eigenvalue weighted by atomic mass is 10.1. The molecule has 1 amide bonds. The van der Waals surface area contributed by atoms with Gasteiger partial charge in [-0.3, -0.25) is 10.1 Å². The molecular formula is C29H33BrN2O4S. The van der Waals surface area contributed by atoms with Crippen LogP contribution in [0.15, 0.2) is 71.2 Å². The zero-order valence-electron chi connectivity index (χ0n) is 21.4. The molecule has 0 aromatic heterocycles. The van der Waals surface area contributed by atoms with Crippen molar-refractivity contribution in [2.45, 2.75) is 33.2 Å². The Morgan fingerprint density at radius 2 is 1.65 bits per heavy atom. The highest BCUT2D eigenvalue weighted by atomic mass is 79.9. The highest BCUT2D eigenvalue weighted by molar-refractivity contribution is 9.10. The van der Waals surface area contributed by atoms with E-state index < -0.39 is 0 Å². The second-order valence-corrected chi connectivity index (χ2v) is 10.2. The fraction of sp³-hybridized carbons (Fsp3) is 0.310. The van der Waals surface area contributed by atoms with Crippen LogP contribution in [0, 0.1) is 5.92 Å². The van der Waals surface area contributed by atoms with Gasteiger partial charge < -0.3 is 19.5 Å². The van der Waals surface area contributed by atoms with Gasteiger partial charge in [0.05, 0.1) is 25.9 Å². The summed E-state index contributed by atoms with van der Waals surface area (Å²) in [4.78, 5) is 13.0. The Labute approximate surface area is 232 Å². The molecule has 0 aliphatic carbocycles. The molecule has 0 unspecified atom stereocenters. The molecule has 0 radical (unpaired) electrons. The predicted molar refractivity (Wildman–Crippen MR) is 155 cm³/mol. The van der Waals surface area contributed by atoms with Crippen LogP contribution in [0.25, 0.3) is 0 Å². The van der Waals surface area contributed by atoms with Gasteiger partial charge in [0, 0.05) is 17.4 Å². The van der Waals surface area contributed by atoms with E-state index in [0.717, 1.165) is 22.9 Å². The first-order chi connectivity index (χ1) is 17.9. The van der Waals surface area contributed by atoms with Gasteiger partial charge in [-0.15, -0.1) is 0 Å². The van der Waals surface area contributed by atoms with Gasteiger partial charge in [-0.2, -0.15) is 0 Å². The summed E-state index contributed by atoms with van der Waals surface area (Å²) in [5.74, 6) is 2.08. The molecule has 8 heteroatoms. The number of carbonyl (C=O) groups excluding carboxylic acids is 1. The van der Waals surface area contributed by atoms with Gasteiger partial charge >= 0.3 is 0 Å². The van der Waals surface area contributed by atoms with E-state index >= 15 is 0 Å². The number of halogens is 1. The van der Waals surface area contributed by atoms with Crippen LogP contribution in [0.4, 0.5) is 0 Å². The number of thiocarbonyl (C=S) groups is 1. The maximum atomic E-state index is 13.0. The summed E-state index contributed by atoms with van der Waals surface area (Å²) in [6.45, 7) is 5.82. The second-order valence-electron chi connectivity index (χ2n) is 8.88. The van der Waals surface area contributed by atoms with Gasteiger partial charge in [0.1, 0.15) is 5.75 Å². The Morgan fingerprint density at radius 3 is 2.38 bits per heavy atom. The van der Waals surface area contributed by atoms with Crippen molar-refractivity contribution >= 4 is 39.2 Å². The Bertz CT molecular complexity index is 1190. The monoisotopic (exact) mass is 584 g/mol. The van der Waals surface area contributed by atoms with Crippen molar-refractivity contribution in [2.75, 3.05) is 20.3 Å². The smallest absolute Gasteiger partial charge is 0.261 e. The molecule has 0 fully saturated rings. The first kappa shape index (κ1) is 28.5. The van der Waals surface area contributed by atoms with E-state index in [0.29, 0.717) is 48.5 Å².